The van der Waals surface area contributed by atoms with E-state index in [4.69, 9.17) is 0 Å². The number of nitrogens with zero attached hydrogens (tertiary/aromatic N) is 2. The molecular weight excluding hydrogens is 294 g/mol. The molecule has 1 aromatic heterocycles. The lowest BCUT2D eigenvalue weighted by atomic mass is 10.1. The molecule has 1 heterocycles. The SMILES string of the molecule is Cc1ccc(Br)cc1C(=O)NCc1cccnn1. The molecule has 0 spiro atoms. The lowest BCUT2D eigenvalue weighted by molar-refractivity contribution is 0.0949. The second-order valence-electron chi connectivity index (χ2n) is 3.86. The molecule has 2 aromatic rings. The Labute approximate surface area is 114 Å². The van der Waals surface area contributed by atoms with Gasteiger partial charge in [0.1, 0.15) is 0 Å². The first-order valence-corrected chi connectivity index (χ1v) is 6.27. The van der Waals surface area contributed by atoms with Gasteiger partial charge >= 0.3 is 0 Å². The van der Waals surface area contributed by atoms with E-state index in [1.807, 2.05) is 25.1 Å². The quantitative estimate of drug-likeness (QED) is 0.948. The zero-order valence-corrected chi connectivity index (χ0v) is 11.4. The minimum absolute atomic E-state index is 0.112. The third kappa shape index (κ3) is 3.13. The van der Waals surface area contributed by atoms with Gasteiger partial charge in [-0.05, 0) is 36.8 Å². The number of hydrogen-bond donors (Lipinski definition) is 1. The normalized spacial score (nSPS) is 10.1. The van der Waals surface area contributed by atoms with Crippen LogP contribution in [0.4, 0.5) is 0 Å². The van der Waals surface area contributed by atoms with Gasteiger partial charge in [-0.15, -0.1) is 0 Å². The molecule has 1 aromatic carbocycles. The Kier molecular flexibility index (Phi) is 4.04. The first-order chi connectivity index (χ1) is 8.66. The Bertz CT molecular complexity index is 557. The summed E-state index contributed by atoms with van der Waals surface area (Å²) in [4.78, 5) is 12.0. The molecule has 4 nitrogen and oxygen atoms in total. The summed E-state index contributed by atoms with van der Waals surface area (Å²) in [6, 6.07) is 9.23. The molecule has 1 amide bonds. The Hall–Kier alpha value is -1.75. The van der Waals surface area contributed by atoms with Gasteiger partial charge in [0, 0.05) is 16.2 Å². The maximum Gasteiger partial charge on any atom is 0.251 e. The molecule has 1 N–H and O–H groups in total. The molecule has 0 aliphatic heterocycles. The summed E-state index contributed by atoms with van der Waals surface area (Å²) in [5.41, 5.74) is 2.33. The highest BCUT2D eigenvalue weighted by Crippen LogP contribution is 2.15. The molecule has 5 heteroatoms. The van der Waals surface area contributed by atoms with Crippen LogP contribution in [0.2, 0.25) is 0 Å². The Balaban J connectivity index is 2.06. The first-order valence-electron chi connectivity index (χ1n) is 5.48. The van der Waals surface area contributed by atoms with Gasteiger partial charge in [0.15, 0.2) is 0 Å². The molecule has 0 atom stereocenters. The van der Waals surface area contributed by atoms with Crippen molar-refractivity contribution in [1.82, 2.24) is 15.5 Å². The molecule has 0 saturated heterocycles. The van der Waals surface area contributed by atoms with Gasteiger partial charge in [-0.3, -0.25) is 4.79 Å². The van der Waals surface area contributed by atoms with Crippen molar-refractivity contribution in [3.8, 4) is 0 Å². The first kappa shape index (κ1) is 12.7. The molecule has 0 radical (unpaired) electrons. The molecular formula is C13H12BrN3O. The van der Waals surface area contributed by atoms with Crippen molar-refractivity contribution in [1.29, 1.82) is 0 Å². The van der Waals surface area contributed by atoms with Crippen molar-refractivity contribution in [3.63, 3.8) is 0 Å². The van der Waals surface area contributed by atoms with Gasteiger partial charge in [0.25, 0.3) is 5.91 Å². The molecule has 0 bridgehead atoms. The molecule has 2 rings (SSSR count). The van der Waals surface area contributed by atoms with E-state index in [2.05, 4.69) is 31.4 Å². The molecule has 0 unspecified atom stereocenters. The van der Waals surface area contributed by atoms with E-state index in [0.717, 1.165) is 15.7 Å². The summed E-state index contributed by atoms with van der Waals surface area (Å²) in [5.74, 6) is -0.112. The summed E-state index contributed by atoms with van der Waals surface area (Å²) < 4.78 is 0.887. The number of rotatable bonds is 3. The Morgan fingerprint density at radius 1 is 1.39 bits per heavy atom. The van der Waals surface area contributed by atoms with E-state index >= 15 is 0 Å². The number of benzene rings is 1. The van der Waals surface area contributed by atoms with E-state index in [-0.39, 0.29) is 5.91 Å². The fourth-order valence-corrected chi connectivity index (χ4v) is 1.89. The summed E-state index contributed by atoms with van der Waals surface area (Å²) in [5, 5.41) is 10.5. The minimum Gasteiger partial charge on any atom is -0.346 e. The third-order valence-electron chi connectivity index (χ3n) is 2.50. The Morgan fingerprint density at radius 2 is 2.22 bits per heavy atom. The average Bonchev–Trinajstić information content (AvgIpc) is 2.40. The van der Waals surface area contributed by atoms with Crippen LogP contribution < -0.4 is 5.32 Å². The van der Waals surface area contributed by atoms with E-state index in [9.17, 15) is 4.79 Å². The van der Waals surface area contributed by atoms with Crippen LogP contribution in [0.25, 0.3) is 0 Å². The molecule has 0 saturated carbocycles. The minimum atomic E-state index is -0.112. The number of aromatic nitrogens is 2. The van der Waals surface area contributed by atoms with Crippen molar-refractivity contribution in [2.45, 2.75) is 13.5 Å². The van der Waals surface area contributed by atoms with Crippen LogP contribution in [0, 0.1) is 6.92 Å². The largest absolute Gasteiger partial charge is 0.346 e. The van der Waals surface area contributed by atoms with Crippen LogP contribution in [-0.2, 0) is 6.54 Å². The third-order valence-corrected chi connectivity index (χ3v) is 3.00. The van der Waals surface area contributed by atoms with Crippen molar-refractivity contribution >= 4 is 21.8 Å². The van der Waals surface area contributed by atoms with Gasteiger partial charge in [-0.2, -0.15) is 10.2 Å². The number of halogens is 1. The van der Waals surface area contributed by atoms with Gasteiger partial charge in [-0.25, -0.2) is 0 Å². The summed E-state index contributed by atoms with van der Waals surface area (Å²) >= 11 is 3.36. The number of aryl methyl sites for hydroxylation is 1. The fourth-order valence-electron chi connectivity index (χ4n) is 1.53. The summed E-state index contributed by atoms with van der Waals surface area (Å²) in [6.07, 6.45) is 1.60. The number of carbonyl (C=O) groups excluding carboxylic acids is 1. The number of amides is 1. The zero-order valence-electron chi connectivity index (χ0n) is 9.85. The number of carbonyl (C=O) groups is 1. The average molecular weight is 306 g/mol. The van der Waals surface area contributed by atoms with Crippen LogP contribution in [0.1, 0.15) is 21.6 Å². The molecule has 0 fully saturated rings. The lowest BCUT2D eigenvalue weighted by Gasteiger charge is -2.07. The molecule has 0 aliphatic rings. The summed E-state index contributed by atoms with van der Waals surface area (Å²) in [7, 11) is 0. The van der Waals surface area contributed by atoms with Crippen LogP contribution in [0.5, 0.6) is 0 Å². The predicted octanol–water partition coefficient (Wildman–Crippen LogP) is 2.48. The van der Waals surface area contributed by atoms with Gasteiger partial charge in [-0.1, -0.05) is 22.0 Å². The van der Waals surface area contributed by atoms with E-state index in [0.29, 0.717) is 12.1 Å². The van der Waals surface area contributed by atoms with Crippen molar-refractivity contribution in [2.24, 2.45) is 0 Å². The van der Waals surface area contributed by atoms with Crippen LogP contribution in [-0.4, -0.2) is 16.1 Å². The molecule has 92 valence electrons. The Morgan fingerprint density at radius 3 is 2.94 bits per heavy atom. The van der Waals surface area contributed by atoms with Crippen LogP contribution in [0.3, 0.4) is 0 Å². The summed E-state index contributed by atoms with van der Waals surface area (Å²) in [6.45, 7) is 2.28. The fraction of sp³-hybridized carbons (Fsp3) is 0.154. The second kappa shape index (κ2) is 5.73. The highest BCUT2D eigenvalue weighted by atomic mass is 79.9. The zero-order chi connectivity index (χ0) is 13.0. The van der Waals surface area contributed by atoms with Gasteiger partial charge in [0.2, 0.25) is 0 Å². The maximum absolute atomic E-state index is 12.0. The smallest absolute Gasteiger partial charge is 0.251 e. The topological polar surface area (TPSA) is 54.9 Å². The number of nitrogens with one attached hydrogen (secondary N) is 1. The monoisotopic (exact) mass is 305 g/mol. The second-order valence-corrected chi connectivity index (χ2v) is 4.77. The van der Waals surface area contributed by atoms with Crippen molar-refractivity contribution < 1.29 is 4.79 Å². The maximum atomic E-state index is 12.0. The molecule has 0 aliphatic carbocycles. The van der Waals surface area contributed by atoms with Crippen molar-refractivity contribution in [3.05, 3.63) is 57.8 Å². The molecule has 18 heavy (non-hydrogen) atoms. The standard InChI is InChI=1S/C13H12BrN3O/c1-9-4-5-10(14)7-12(9)13(18)15-8-11-3-2-6-16-17-11/h2-7H,8H2,1H3,(H,15,18). The number of hydrogen-bond acceptors (Lipinski definition) is 3. The highest BCUT2D eigenvalue weighted by Gasteiger charge is 2.09. The lowest BCUT2D eigenvalue weighted by Crippen LogP contribution is -2.24. The highest BCUT2D eigenvalue weighted by molar-refractivity contribution is 9.10. The van der Waals surface area contributed by atoms with E-state index in [1.54, 1.807) is 18.3 Å². The van der Waals surface area contributed by atoms with Crippen LogP contribution >= 0.6 is 15.9 Å². The predicted molar refractivity (Wildman–Crippen MR) is 72.1 cm³/mol. The van der Waals surface area contributed by atoms with Crippen LogP contribution in [0.15, 0.2) is 41.0 Å². The van der Waals surface area contributed by atoms with Gasteiger partial charge < -0.3 is 5.32 Å². The van der Waals surface area contributed by atoms with Gasteiger partial charge in [0.05, 0.1) is 12.2 Å². The van der Waals surface area contributed by atoms with Crippen molar-refractivity contribution in [2.75, 3.05) is 0 Å². The van der Waals surface area contributed by atoms with E-state index in [1.165, 1.54) is 0 Å². The van der Waals surface area contributed by atoms with E-state index < -0.39 is 0 Å².